The number of thioether (sulfide) groups is 1. The minimum absolute atomic E-state index is 0.116. The predicted octanol–water partition coefficient (Wildman–Crippen LogP) is 3.90. The maximum absolute atomic E-state index is 12.4. The molecule has 0 N–H and O–H groups in total. The standard InChI is InChI=1S/C18H22ClN3O3S/c1-12-7-13(2)9-22(8-12)17(23)11-26-18-21-20-16(25-18)10-24-15-5-3-14(19)4-6-15/h3-6,12-13H,7-11H2,1-2H3. The molecule has 1 aromatic carbocycles. The predicted molar refractivity (Wildman–Crippen MR) is 100 cm³/mol. The number of carbonyl (C=O) groups is 1. The summed E-state index contributed by atoms with van der Waals surface area (Å²) in [6.07, 6.45) is 1.18. The Bertz CT molecular complexity index is 728. The highest BCUT2D eigenvalue weighted by Crippen LogP contribution is 2.23. The molecule has 3 rings (SSSR count). The third-order valence-electron chi connectivity index (χ3n) is 4.16. The van der Waals surface area contributed by atoms with Gasteiger partial charge in [-0.25, -0.2) is 0 Å². The third kappa shape index (κ3) is 5.38. The summed E-state index contributed by atoms with van der Waals surface area (Å²) in [5.74, 6) is 2.56. The Hall–Kier alpha value is -1.73. The van der Waals surface area contributed by atoms with E-state index in [2.05, 4.69) is 24.0 Å². The van der Waals surface area contributed by atoms with Crippen LogP contribution in [0.25, 0.3) is 0 Å². The van der Waals surface area contributed by atoms with Crippen LogP contribution in [-0.4, -0.2) is 39.8 Å². The minimum atomic E-state index is 0.116. The van der Waals surface area contributed by atoms with E-state index in [0.29, 0.717) is 39.5 Å². The summed E-state index contributed by atoms with van der Waals surface area (Å²) in [5.41, 5.74) is 0. The van der Waals surface area contributed by atoms with Crippen LogP contribution in [0.1, 0.15) is 26.2 Å². The zero-order chi connectivity index (χ0) is 18.5. The van der Waals surface area contributed by atoms with Crippen molar-refractivity contribution in [2.45, 2.75) is 32.1 Å². The lowest BCUT2D eigenvalue weighted by molar-refractivity contribution is -0.130. The summed E-state index contributed by atoms with van der Waals surface area (Å²) in [5, 5.41) is 8.94. The van der Waals surface area contributed by atoms with Crippen molar-refractivity contribution in [3.05, 3.63) is 35.2 Å². The monoisotopic (exact) mass is 395 g/mol. The number of amides is 1. The van der Waals surface area contributed by atoms with Crippen LogP contribution >= 0.6 is 23.4 Å². The molecule has 1 fully saturated rings. The SMILES string of the molecule is CC1CC(C)CN(C(=O)CSc2nnc(COc3ccc(Cl)cc3)o2)C1. The Labute approximate surface area is 162 Å². The van der Waals surface area contributed by atoms with Crippen molar-refractivity contribution in [1.29, 1.82) is 0 Å². The summed E-state index contributed by atoms with van der Waals surface area (Å²) < 4.78 is 11.1. The molecule has 1 saturated heterocycles. The molecule has 1 aliphatic heterocycles. The first-order valence-electron chi connectivity index (χ1n) is 8.61. The smallest absolute Gasteiger partial charge is 0.277 e. The lowest BCUT2D eigenvalue weighted by atomic mass is 9.92. The highest BCUT2D eigenvalue weighted by atomic mass is 35.5. The number of benzene rings is 1. The number of hydrogen-bond acceptors (Lipinski definition) is 6. The van der Waals surface area contributed by atoms with Crippen LogP contribution in [0.5, 0.6) is 5.75 Å². The molecule has 0 bridgehead atoms. The van der Waals surface area contributed by atoms with Gasteiger partial charge < -0.3 is 14.1 Å². The van der Waals surface area contributed by atoms with Gasteiger partial charge in [-0.1, -0.05) is 37.2 Å². The Morgan fingerprint density at radius 3 is 2.65 bits per heavy atom. The number of ether oxygens (including phenoxy) is 1. The molecular formula is C18H22ClN3O3S. The van der Waals surface area contributed by atoms with Crippen LogP contribution < -0.4 is 4.74 Å². The van der Waals surface area contributed by atoms with E-state index in [1.54, 1.807) is 24.3 Å². The Morgan fingerprint density at radius 1 is 1.27 bits per heavy atom. The van der Waals surface area contributed by atoms with Gasteiger partial charge in [0.1, 0.15) is 5.75 Å². The van der Waals surface area contributed by atoms with Crippen LogP contribution in [0.4, 0.5) is 0 Å². The van der Waals surface area contributed by atoms with E-state index >= 15 is 0 Å². The number of carbonyl (C=O) groups excluding carboxylic acids is 1. The van der Waals surface area contributed by atoms with Gasteiger partial charge in [0.05, 0.1) is 5.75 Å². The van der Waals surface area contributed by atoms with E-state index < -0.39 is 0 Å². The molecule has 6 nitrogen and oxygen atoms in total. The summed E-state index contributed by atoms with van der Waals surface area (Å²) in [4.78, 5) is 14.3. The molecule has 0 saturated carbocycles. The van der Waals surface area contributed by atoms with Crippen molar-refractivity contribution in [2.24, 2.45) is 11.8 Å². The zero-order valence-corrected chi connectivity index (χ0v) is 16.4. The van der Waals surface area contributed by atoms with Gasteiger partial charge in [0.2, 0.25) is 5.91 Å². The molecule has 1 amide bonds. The van der Waals surface area contributed by atoms with E-state index in [1.165, 1.54) is 18.2 Å². The van der Waals surface area contributed by atoms with Crippen molar-refractivity contribution in [3.63, 3.8) is 0 Å². The van der Waals surface area contributed by atoms with E-state index in [4.69, 9.17) is 20.8 Å². The second-order valence-electron chi connectivity index (χ2n) is 6.74. The van der Waals surface area contributed by atoms with Gasteiger partial charge in [0, 0.05) is 18.1 Å². The Morgan fingerprint density at radius 2 is 1.96 bits per heavy atom. The van der Waals surface area contributed by atoms with E-state index in [0.717, 1.165) is 13.1 Å². The molecule has 2 unspecified atom stereocenters. The van der Waals surface area contributed by atoms with Crippen molar-refractivity contribution in [3.8, 4) is 5.75 Å². The Balaban J connectivity index is 1.46. The van der Waals surface area contributed by atoms with Crippen LogP contribution in [0, 0.1) is 11.8 Å². The van der Waals surface area contributed by atoms with Gasteiger partial charge in [0.25, 0.3) is 11.1 Å². The van der Waals surface area contributed by atoms with E-state index in [1.807, 2.05) is 4.90 Å². The fourth-order valence-corrected chi connectivity index (χ4v) is 3.92. The molecule has 26 heavy (non-hydrogen) atoms. The highest BCUT2D eigenvalue weighted by Gasteiger charge is 2.25. The largest absolute Gasteiger partial charge is 0.484 e. The number of piperidine rings is 1. The molecule has 140 valence electrons. The van der Waals surface area contributed by atoms with Crippen molar-refractivity contribution in [2.75, 3.05) is 18.8 Å². The number of rotatable bonds is 6. The van der Waals surface area contributed by atoms with E-state index in [9.17, 15) is 4.79 Å². The van der Waals surface area contributed by atoms with Gasteiger partial charge in [-0.05, 0) is 42.5 Å². The molecule has 2 heterocycles. The average Bonchev–Trinajstić information content (AvgIpc) is 3.06. The lowest BCUT2D eigenvalue weighted by Crippen LogP contribution is -2.43. The van der Waals surface area contributed by atoms with E-state index in [-0.39, 0.29) is 12.5 Å². The maximum Gasteiger partial charge on any atom is 0.277 e. The topological polar surface area (TPSA) is 68.5 Å². The lowest BCUT2D eigenvalue weighted by Gasteiger charge is -2.34. The quantitative estimate of drug-likeness (QED) is 0.691. The van der Waals surface area contributed by atoms with Gasteiger partial charge >= 0.3 is 0 Å². The first-order chi connectivity index (χ1) is 12.5. The molecule has 2 aromatic rings. The number of halogens is 1. The van der Waals surface area contributed by atoms with Crippen molar-refractivity contribution < 1.29 is 13.9 Å². The third-order valence-corrected chi connectivity index (χ3v) is 5.22. The molecule has 0 spiro atoms. The van der Waals surface area contributed by atoms with Gasteiger partial charge in [-0.2, -0.15) is 0 Å². The van der Waals surface area contributed by atoms with Crippen molar-refractivity contribution in [1.82, 2.24) is 15.1 Å². The molecule has 1 aromatic heterocycles. The Kier molecular flexibility index (Phi) is 6.43. The number of nitrogens with zero attached hydrogens (tertiary/aromatic N) is 3. The number of hydrogen-bond donors (Lipinski definition) is 0. The molecule has 0 aliphatic carbocycles. The van der Waals surface area contributed by atoms with Crippen LogP contribution in [0.15, 0.2) is 33.9 Å². The minimum Gasteiger partial charge on any atom is -0.484 e. The molecule has 1 aliphatic rings. The molecular weight excluding hydrogens is 374 g/mol. The molecule has 2 atom stereocenters. The first-order valence-corrected chi connectivity index (χ1v) is 9.97. The van der Waals surface area contributed by atoms with Gasteiger partial charge in [0.15, 0.2) is 6.61 Å². The maximum atomic E-state index is 12.4. The normalized spacial score (nSPS) is 20.2. The fraction of sp³-hybridized carbons (Fsp3) is 0.500. The second-order valence-corrected chi connectivity index (χ2v) is 8.10. The number of aromatic nitrogens is 2. The second kappa shape index (κ2) is 8.77. The van der Waals surface area contributed by atoms with Gasteiger partial charge in [-0.3, -0.25) is 4.79 Å². The zero-order valence-electron chi connectivity index (χ0n) is 14.9. The average molecular weight is 396 g/mol. The summed E-state index contributed by atoms with van der Waals surface area (Å²) >= 11 is 7.10. The summed E-state index contributed by atoms with van der Waals surface area (Å²) in [6, 6.07) is 7.04. The first kappa shape index (κ1) is 19.0. The summed E-state index contributed by atoms with van der Waals surface area (Å²) in [6.45, 7) is 6.20. The van der Waals surface area contributed by atoms with Crippen LogP contribution in [0.3, 0.4) is 0 Å². The molecule has 8 heteroatoms. The molecule has 0 radical (unpaired) electrons. The highest BCUT2D eigenvalue weighted by molar-refractivity contribution is 7.99. The van der Waals surface area contributed by atoms with Crippen LogP contribution in [-0.2, 0) is 11.4 Å². The summed E-state index contributed by atoms with van der Waals surface area (Å²) in [7, 11) is 0. The van der Waals surface area contributed by atoms with Crippen molar-refractivity contribution >= 4 is 29.3 Å². The van der Waals surface area contributed by atoms with Gasteiger partial charge in [-0.15, -0.1) is 10.2 Å². The fourth-order valence-electron chi connectivity index (χ4n) is 3.11. The number of likely N-dealkylation sites (tertiary alicyclic amines) is 1. The van der Waals surface area contributed by atoms with Crippen LogP contribution in [0.2, 0.25) is 5.02 Å².